The summed E-state index contributed by atoms with van der Waals surface area (Å²) in [6.45, 7) is 0.297. The molecule has 0 aromatic heterocycles. The first-order chi connectivity index (χ1) is 9.65. The van der Waals surface area contributed by atoms with Gasteiger partial charge >= 0.3 is 5.97 Å². The molecule has 1 aliphatic heterocycles. The number of nitrogens with one attached hydrogen (secondary N) is 1. The van der Waals surface area contributed by atoms with Crippen LogP contribution >= 0.6 is 22.6 Å². The number of esters is 1. The lowest BCUT2D eigenvalue weighted by Crippen LogP contribution is -2.23. The zero-order valence-corrected chi connectivity index (χ0v) is 12.6. The summed E-state index contributed by atoms with van der Waals surface area (Å²) in [7, 11) is 0. The number of hydrogen-bond acceptors (Lipinski definition) is 5. The Morgan fingerprint density at radius 1 is 1.25 bits per heavy atom. The normalized spacial score (nSPS) is 13.6. The van der Waals surface area contributed by atoms with Gasteiger partial charge < -0.3 is 19.5 Å². The van der Waals surface area contributed by atoms with Gasteiger partial charge in [-0.2, -0.15) is 0 Å². The molecule has 0 unspecified atom stereocenters. The molecule has 1 heterocycles. The Labute approximate surface area is 129 Å². The second-order valence-electron chi connectivity index (χ2n) is 3.83. The van der Waals surface area contributed by atoms with Crippen LogP contribution in [0.5, 0.6) is 0 Å². The molecule has 1 aromatic rings. The third kappa shape index (κ3) is 4.41. The van der Waals surface area contributed by atoms with E-state index in [1.807, 2.05) is 12.1 Å². The van der Waals surface area contributed by atoms with Gasteiger partial charge in [-0.05, 0) is 46.9 Å². The summed E-state index contributed by atoms with van der Waals surface area (Å²) < 4.78 is 15.8. The Morgan fingerprint density at radius 3 is 2.65 bits per heavy atom. The molecule has 2 rings (SSSR count). The Balaban J connectivity index is 1.78. The highest BCUT2D eigenvalue weighted by atomic mass is 127. The van der Waals surface area contributed by atoms with Crippen molar-refractivity contribution in [3.8, 4) is 0 Å². The fraction of sp³-hybridized carbons (Fsp3) is 0.231. The molecule has 1 aromatic carbocycles. The minimum Gasteiger partial charge on any atom is -0.493 e. The predicted octanol–water partition coefficient (Wildman–Crippen LogP) is 1.66. The Morgan fingerprint density at radius 2 is 2.00 bits per heavy atom. The molecule has 106 valence electrons. The van der Waals surface area contributed by atoms with Gasteiger partial charge in [-0.15, -0.1) is 0 Å². The van der Waals surface area contributed by atoms with Crippen LogP contribution in [0.15, 0.2) is 36.3 Å². The molecule has 0 spiro atoms. The van der Waals surface area contributed by atoms with Gasteiger partial charge in [-0.25, -0.2) is 4.79 Å². The molecule has 0 radical (unpaired) electrons. The van der Waals surface area contributed by atoms with Crippen LogP contribution in [0.3, 0.4) is 0 Å². The van der Waals surface area contributed by atoms with Crippen molar-refractivity contribution in [2.24, 2.45) is 0 Å². The van der Waals surface area contributed by atoms with Gasteiger partial charge in [0, 0.05) is 9.26 Å². The fourth-order valence-corrected chi connectivity index (χ4v) is 1.77. The number of amides is 1. The second kappa shape index (κ2) is 7.13. The summed E-state index contributed by atoms with van der Waals surface area (Å²) >= 11 is 2.17. The molecule has 1 aliphatic rings. The molecular weight excluding hydrogens is 377 g/mol. The Kier molecular flexibility index (Phi) is 5.22. The molecule has 7 heteroatoms. The van der Waals surface area contributed by atoms with E-state index in [-0.39, 0.29) is 19.0 Å². The average molecular weight is 389 g/mol. The first-order valence-corrected chi connectivity index (χ1v) is 6.90. The molecule has 1 amide bonds. The maximum absolute atomic E-state index is 11.6. The minimum absolute atomic E-state index is 0.0293. The van der Waals surface area contributed by atoms with Gasteiger partial charge in [0.2, 0.25) is 5.76 Å². The van der Waals surface area contributed by atoms with E-state index in [4.69, 9.17) is 14.2 Å². The fourth-order valence-electron chi connectivity index (χ4n) is 1.41. The van der Waals surface area contributed by atoms with E-state index >= 15 is 0 Å². The van der Waals surface area contributed by atoms with E-state index < -0.39 is 11.9 Å². The highest BCUT2D eigenvalue weighted by Gasteiger charge is 2.17. The van der Waals surface area contributed by atoms with Crippen LogP contribution < -0.4 is 5.32 Å². The van der Waals surface area contributed by atoms with Crippen molar-refractivity contribution in [2.45, 2.75) is 0 Å². The van der Waals surface area contributed by atoms with Crippen molar-refractivity contribution in [3.63, 3.8) is 0 Å². The number of anilines is 1. The molecule has 6 nitrogen and oxygen atoms in total. The highest BCUT2D eigenvalue weighted by molar-refractivity contribution is 14.1. The number of rotatable bonds is 4. The Hall–Kier alpha value is -1.77. The number of benzene rings is 1. The zero-order chi connectivity index (χ0) is 14.4. The molecule has 0 aliphatic carbocycles. The number of carbonyl (C=O) groups excluding carboxylic acids is 2. The van der Waals surface area contributed by atoms with Crippen LogP contribution in [-0.2, 0) is 23.8 Å². The van der Waals surface area contributed by atoms with Gasteiger partial charge in [0.25, 0.3) is 5.91 Å². The largest absolute Gasteiger partial charge is 0.493 e. The quantitative estimate of drug-likeness (QED) is 0.627. The average Bonchev–Trinajstić information content (AvgIpc) is 2.48. The van der Waals surface area contributed by atoms with Crippen molar-refractivity contribution < 1.29 is 23.8 Å². The summed E-state index contributed by atoms with van der Waals surface area (Å²) in [5, 5.41) is 2.62. The Bertz CT molecular complexity index is 526. The van der Waals surface area contributed by atoms with Gasteiger partial charge in [-0.1, -0.05) is 0 Å². The van der Waals surface area contributed by atoms with Crippen LogP contribution in [0.2, 0.25) is 0 Å². The van der Waals surface area contributed by atoms with Gasteiger partial charge in [0.15, 0.2) is 6.61 Å². The third-order valence-electron chi connectivity index (χ3n) is 2.31. The van der Waals surface area contributed by atoms with Crippen molar-refractivity contribution in [1.82, 2.24) is 0 Å². The first kappa shape index (κ1) is 14.6. The number of hydrogen-bond donors (Lipinski definition) is 1. The molecule has 0 saturated carbocycles. The third-order valence-corrected chi connectivity index (χ3v) is 3.03. The lowest BCUT2D eigenvalue weighted by molar-refractivity contribution is -0.148. The lowest BCUT2D eigenvalue weighted by atomic mass is 10.3. The van der Waals surface area contributed by atoms with E-state index in [0.717, 1.165) is 3.57 Å². The van der Waals surface area contributed by atoms with Crippen molar-refractivity contribution in [1.29, 1.82) is 0 Å². The smallest absolute Gasteiger partial charge is 0.377 e. The minimum atomic E-state index is -0.720. The lowest BCUT2D eigenvalue weighted by Gasteiger charge is -2.14. The zero-order valence-electron chi connectivity index (χ0n) is 10.4. The summed E-state index contributed by atoms with van der Waals surface area (Å²) in [5.41, 5.74) is 0.642. The van der Waals surface area contributed by atoms with Gasteiger partial charge in [-0.3, -0.25) is 4.79 Å². The second-order valence-corrected chi connectivity index (χ2v) is 5.08. The molecule has 0 atom stereocenters. The highest BCUT2D eigenvalue weighted by Crippen LogP contribution is 2.11. The van der Waals surface area contributed by atoms with E-state index in [0.29, 0.717) is 12.3 Å². The molecular formula is C13H12INO5. The summed E-state index contributed by atoms with van der Waals surface area (Å²) in [6, 6.07) is 7.25. The maximum Gasteiger partial charge on any atom is 0.377 e. The van der Waals surface area contributed by atoms with Crippen molar-refractivity contribution in [3.05, 3.63) is 39.9 Å². The summed E-state index contributed by atoms with van der Waals surface area (Å²) in [4.78, 5) is 23.1. The van der Waals surface area contributed by atoms with Crippen LogP contribution in [0.1, 0.15) is 0 Å². The first-order valence-electron chi connectivity index (χ1n) is 5.82. The topological polar surface area (TPSA) is 73.9 Å². The summed E-state index contributed by atoms with van der Waals surface area (Å²) in [6.07, 6.45) is 1.18. The van der Waals surface area contributed by atoms with Crippen LogP contribution in [0.4, 0.5) is 5.69 Å². The van der Waals surface area contributed by atoms with Crippen LogP contribution in [0.25, 0.3) is 0 Å². The monoisotopic (exact) mass is 389 g/mol. The summed E-state index contributed by atoms with van der Waals surface area (Å²) in [5.74, 6) is -1.17. The molecule has 1 N–H and O–H groups in total. The number of carbonyl (C=O) groups is 2. The molecule has 0 saturated heterocycles. The SMILES string of the molecule is O=C(COC(=O)C1=COCCO1)Nc1ccc(I)cc1. The van der Waals surface area contributed by atoms with E-state index in [1.165, 1.54) is 6.26 Å². The number of halogens is 1. The molecule has 0 bridgehead atoms. The molecule has 0 fully saturated rings. The van der Waals surface area contributed by atoms with Crippen molar-refractivity contribution >= 4 is 40.2 Å². The standard InChI is InChI=1S/C13H12INO5/c14-9-1-3-10(4-2-9)15-12(16)8-20-13(17)11-7-18-5-6-19-11/h1-4,7H,5-6,8H2,(H,15,16). The molecule has 20 heavy (non-hydrogen) atoms. The van der Waals surface area contributed by atoms with Crippen LogP contribution in [-0.4, -0.2) is 31.7 Å². The predicted molar refractivity (Wildman–Crippen MR) is 78.7 cm³/mol. The van der Waals surface area contributed by atoms with E-state index in [2.05, 4.69) is 27.9 Å². The van der Waals surface area contributed by atoms with E-state index in [9.17, 15) is 9.59 Å². The van der Waals surface area contributed by atoms with Gasteiger partial charge in [0.1, 0.15) is 19.5 Å². The maximum atomic E-state index is 11.6. The van der Waals surface area contributed by atoms with E-state index in [1.54, 1.807) is 12.1 Å². The van der Waals surface area contributed by atoms with Crippen molar-refractivity contribution in [2.75, 3.05) is 25.1 Å². The van der Waals surface area contributed by atoms with Gasteiger partial charge in [0.05, 0.1) is 0 Å². The number of ether oxygens (including phenoxy) is 3. The van der Waals surface area contributed by atoms with Crippen LogP contribution in [0, 0.1) is 3.57 Å².